The van der Waals surface area contributed by atoms with E-state index in [1.165, 1.54) is 16.4 Å². The zero-order chi connectivity index (χ0) is 15.6. The average molecular weight is 332 g/mol. The monoisotopic (exact) mass is 332 g/mol. The number of nitrogens with zero attached hydrogens (tertiary/aromatic N) is 2. The molecule has 1 aromatic rings. The molecule has 1 saturated heterocycles. The van der Waals surface area contributed by atoms with Crippen LogP contribution in [0.3, 0.4) is 0 Å². The van der Waals surface area contributed by atoms with Crippen LogP contribution in [0.5, 0.6) is 0 Å². The van der Waals surface area contributed by atoms with E-state index in [0.717, 1.165) is 30.7 Å². The van der Waals surface area contributed by atoms with Gasteiger partial charge in [0.05, 0.1) is 0 Å². The van der Waals surface area contributed by atoms with Crippen LogP contribution in [0.15, 0.2) is 16.3 Å². The molecule has 1 fully saturated rings. The van der Waals surface area contributed by atoms with Crippen molar-refractivity contribution >= 4 is 27.3 Å². The number of thiophene rings is 1. The van der Waals surface area contributed by atoms with Gasteiger partial charge in [-0.25, -0.2) is 13.2 Å². The van der Waals surface area contributed by atoms with Crippen molar-refractivity contribution in [1.82, 2.24) is 9.21 Å². The van der Waals surface area contributed by atoms with Gasteiger partial charge >= 0.3 is 5.97 Å². The summed E-state index contributed by atoms with van der Waals surface area (Å²) >= 11 is 0.816. The highest BCUT2D eigenvalue weighted by Gasteiger charge is 2.31. The van der Waals surface area contributed by atoms with Gasteiger partial charge in [-0.15, -0.1) is 11.3 Å². The number of rotatable bonds is 5. The molecule has 0 spiro atoms. The van der Waals surface area contributed by atoms with E-state index in [0.29, 0.717) is 19.0 Å². The van der Waals surface area contributed by atoms with Gasteiger partial charge in [0.2, 0.25) is 0 Å². The smallest absolute Gasteiger partial charge is 0.345 e. The summed E-state index contributed by atoms with van der Waals surface area (Å²) in [5.74, 6) is -0.574. The van der Waals surface area contributed by atoms with Crippen molar-refractivity contribution in [2.45, 2.75) is 17.1 Å². The van der Waals surface area contributed by atoms with Gasteiger partial charge in [0.15, 0.2) is 0 Å². The quantitative estimate of drug-likeness (QED) is 0.882. The molecule has 0 atom stereocenters. The first-order valence-electron chi connectivity index (χ1n) is 6.78. The van der Waals surface area contributed by atoms with Crippen molar-refractivity contribution in [2.24, 2.45) is 5.92 Å². The lowest BCUT2D eigenvalue weighted by atomic mass is 9.98. The lowest BCUT2D eigenvalue weighted by Gasteiger charge is -2.32. The molecule has 0 aliphatic carbocycles. The van der Waals surface area contributed by atoms with E-state index < -0.39 is 16.0 Å². The molecule has 0 aromatic carbocycles. The van der Waals surface area contributed by atoms with Gasteiger partial charge in [-0.2, -0.15) is 4.31 Å². The van der Waals surface area contributed by atoms with Gasteiger partial charge in [-0.3, -0.25) is 0 Å². The van der Waals surface area contributed by atoms with Gasteiger partial charge in [0.1, 0.15) is 9.09 Å². The number of carboxylic acid groups (broad SMARTS) is 1. The minimum Gasteiger partial charge on any atom is -0.477 e. The highest BCUT2D eigenvalue weighted by Crippen LogP contribution is 2.28. The number of aromatic carboxylic acids is 1. The maximum atomic E-state index is 12.5. The van der Waals surface area contributed by atoms with Crippen LogP contribution in [-0.4, -0.2) is 62.4 Å². The predicted molar refractivity (Wildman–Crippen MR) is 81.3 cm³/mol. The highest BCUT2D eigenvalue weighted by atomic mass is 32.2. The van der Waals surface area contributed by atoms with Crippen molar-refractivity contribution in [2.75, 3.05) is 33.7 Å². The van der Waals surface area contributed by atoms with E-state index in [1.54, 1.807) is 0 Å². The zero-order valence-electron chi connectivity index (χ0n) is 12.2. The van der Waals surface area contributed by atoms with Crippen LogP contribution in [0.2, 0.25) is 0 Å². The molecule has 1 aromatic heterocycles. The molecule has 0 amide bonds. The minimum atomic E-state index is -3.55. The summed E-state index contributed by atoms with van der Waals surface area (Å²) in [4.78, 5) is 13.0. The van der Waals surface area contributed by atoms with Crippen LogP contribution in [0.25, 0.3) is 0 Å². The molecule has 21 heavy (non-hydrogen) atoms. The highest BCUT2D eigenvalue weighted by molar-refractivity contribution is 7.91. The summed E-state index contributed by atoms with van der Waals surface area (Å²) in [6.07, 6.45) is 1.68. The number of carboxylic acids is 1. The second kappa shape index (κ2) is 6.43. The predicted octanol–water partition coefficient (Wildman–Crippen LogP) is 1.41. The summed E-state index contributed by atoms with van der Waals surface area (Å²) in [7, 11) is 0.480. The van der Waals surface area contributed by atoms with E-state index in [-0.39, 0.29) is 9.09 Å². The summed E-state index contributed by atoms with van der Waals surface area (Å²) < 4.78 is 26.6. The Morgan fingerprint density at radius 3 is 2.48 bits per heavy atom. The number of sulfonamides is 1. The standard InChI is InChI=1S/C13H20N2O4S2/c1-14(2)9-10-5-7-15(8-6-10)21(18,19)12-4-3-11(20-12)13(16)17/h3-4,10H,5-9H2,1-2H3,(H,16,17). The first kappa shape index (κ1) is 16.4. The van der Waals surface area contributed by atoms with E-state index >= 15 is 0 Å². The molecule has 0 saturated carbocycles. The largest absolute Gasteiger partial charge is 0.477 e. The molecule has 1 N–H and O–H groups in total. The van der Waals surface area contributed by atoms with Crippen LogP contribution in [0.4, 0.5) is 0 Å². The fraction of sp³-hybridized carbons (Fsp3) is 0.615. The van der Waals surface area contributed by atoms with Crippen LogP contribution >= 0.6 is 11.3 Å². The Kier molecular flexibility index (Phi) is 5.03. The number of hydrogen-bond donors (Lipinski definition) is 1. The van der Waals surface area contributed by atoms with Gasteiger partial charge in [0.25, 0.3) is 10.0 Å². The SMILES string of the molecule is CN(C)CC1CCN(S(=O)(=O)c2ccc(C(=O)O)s2)CC1. The molecule has 6 nitrogen and oxygen atoms in total. The molecular weight excluding hydrogens is 312 g/mol. The second-order valence-electron chi connectivity index (χ2n) is 5.53. The third-order valence-corrected chi connectivity index (χ3v) is 7.02. The number of carbonyl (C=O) groups is 1. The summed E-state index contributed by atoms with van der Waals surface area (Å²) in [6.45, 7) is 1.97. The van der Waals surface area contributed by atoms with Gasteiger partial charge in [0, 0.05) is 19.6 Å². The zero-order valence-corrected chi connectivity index (χ0v) is 13.8. The third kappa shape index (κ3) is 3.82. The Hall–Kier alpha value is -0.960. The van der Waals surface area contributed by atoms with E-state index in [1.807, 2.05) is 14.1 Å². The van der Waals surface area contributed by atoms with Crippen LogP contribution < -0.4 is 0 Å². The van der Waals surface area contributed by atoms with Gasteiger partial charge in [-0.05, 0) is 45.0 Å². The molecule has 8 heteroatoms. The third-order valence-electron chi connectivity index (χ3n) is 3.58. The lowest BCUT2D eigenvalue weighted by molar-refractivity contribution is 0.0702. The van der Waals surface area contributed by atoms with Crippen LogP contribution in [0, 0.1) is 5.92 Å². The molecular formula is C13H20N2O4S2. The van der Waals surface area contributed by atoms with Crippen molar-refractivity contribution in [3.8, 4) is 0 Å². The molecule has 2 heterocycles. The fourth-order valence-corrected chi connectivity index (χ4v) is 5.32. The molecule has 0 radical (unpaired) electrons. The molecule has 0 unspecified atom stereocenters. The fourth-order valence-electron chi connectivity index (χ4n) is 2.55. The normalized spacial score (nSPS) is 18.2. The Bertz CT molecular complexity index is 601. The Balaban J connectivity index is 2.05. The summed E-state index contributed by atoms with van der Waals surface area (Å²) in [6, 6.07) is 2.73. The Morgan fingerprint density at radius 2 is 2.00 bits per heavy atom. The molecule has 0 bridgehead atoms. The number of hydrogen-bond acceptors (Lipinski definition) is 5. The van der Waals surface area contributed by atoms with Crippen molar-refractivity contribution < 1.29 is 18.3 Å². The van der Waals surface area contributed by atoms with E-state index in [2.05, 4.69) is 4.90 Å². The van der Waals surface area contributed by atoms with Gasteiger partial charge in [-0.1, -0.05) is 0 Å². The summed E-state index contributed by atoms with van der Waals surface area (Å²) in [5, 5.41) is 8.89. The van der Waals surface area contributed by atoms with E-state index in [9.17, 15) is 13.2 Å². The van der Waals surface area contributed by atoms with Gasteiger partial charge < -0.3 is 10.0 Å². The molecule has 118 valence electrons. The minimum absolute atomic E-state index is 0.0519. The average Bonchev–Trinajstić information content (AvgIpc) is 2.89. The maximum absolute atomic E-state index is 12.5. The van der Waals surface area contributed by atoms with Crippen molar-refractivity contribution in [3.63, 3.8) is 0 Å². The van der Waals surface area contributed by atoms with Crippen molar-refractivity contribution in [1.29, 1.82) is 0 Å². The van der Waals surface area contributed by atoms with Crippen LogP contribution in [0.1, 0.15) is 22.5 Å². The maximum Gasteiger partial charge on any atom is 0.345 e. The summed E-state index contributed by atoms with van der Waals surface area (Å²) in [5.41, 5.74) is 0. The Morgan fingerprint density at radius 1 is 1.38 bits per heavy atom. The molecule has 1 aliphatic heterocycles. The lowest BCUT2D eigenvalue weighted by Crippen LogP contribution is -2.40. The first-order chi connectivity index (χ1) is 9.80. The number of piperidine rings is 1. The van der Waals surface area contributed by atoms with Crippen molar-refractivity contribution in [3.05, 3.63) is 17.0 Å². The first-order valence-corrected chi connectivity index (χ1v) is 9.04. The molecule has 2 rings (SSSR count). The van der Waals surface area contributed by atoms with Crippen LogP contribution in [-0.2, 0) is 10.0 Å². The second-order valence-corrected chi connectivity index (χ2v) is 8.78. The molecule has 1 aliphatic rings. The topological polar surface area (TPSA) is 77.9 Å². The Labute approximate surface area is 129 Å². The van der Waals surface area contributed by atoms with E-state index in [4.69, 9.17) is 5.11 Å².